The Labute approximate surface area is 149 Å². The first-order chi connectivity index (χ1) is 11.7. The van der Waals surface area contributed by atoms with Crippen LogP contribution in [0, 0.1) is 11.3 Å². The summed E-state index contributed by atoms with van der Waals surface area (Å²) < 4.78 is 8.33. The van der Waals surface area contributed by atoms with E-state index in [2.05, 4.69) is 44.9 Å². The van der Waals surface area contributed by atoms with Crippen LogP contribution in [0.2, 0.25) is 18.1 Å². The lowest BCUT2D eigenvalue weighted by molar-refractivity contribution is 0.492. The first-order valence-electron chi connectivity index (χ1n) is 8.38. The zero-order chi connectivity index (χ0) is 18.2. The maximum Gasteiger partial charge on any atom is 0.250 e. The lowest BCUT2D eigenvalue weighted by atomic mass is 10.2. The number of nitrogens with zero attached hydrogens (tertiary/aromatic N) is 3. The van der Waals surface area contributed by atoms with E-state index in [1.807, 2.05) is 41.0 Å². The zero-order valence-corrected chi connectivity index (χ0v) is 16.4. The van der Waals surface area contributed by atoms with Crippen LogP contribution in [0.1, 0.15) is 26.3 Å². The van der Waals surface area contributed by atoms with Crippen molar-refractivity contribution in [2.75, 3.05) is 0 Å². The average molecular weight is 350 g/mol. The lowest BCUT2D eigenvalue weighted by Gasteiger charge is -2.36. The molecule has 0 spiro atoms. The molecule has 0 N–H and O–H groups in total. The van der Waals surface area contributed by atoms with Crippen molar-refractivity contribution in [3.63, 3.8) is 0 Å². The molecule has 0 fully saturated rings. The van der Waals surface area contributed by atoms with Gasteiger partial charge in [-0.3, -0.25) is 4.57 Å². The van der Waals surface area contributed by atoms with Gasteiger partial charge in [-0.25, -0.2) is 4.98 Å². The maximum atomic E-state index is 9.11. The van der Waals surface area contributed by atoms with Crippen LogP contribution in [0.3, 0.4) is 0 Å². The van der Waals surface area contributed by atoms with Crippen molar-refractivity contribution in [2.24, 2.45) is 0 Å². The van der Waals surface area contributed by atoms with Gasteiger partial charge in [-0.2, -0.15) is 5.26 Å². The maximum absolute atomic E-state index is 9.11. The van der Waals surface area contributed by atoms with Crippen molar-refractivity contribution in [1.29, 1.82) is 5.26 Å². The van der Waals surface area contributed by atoms with Crippen LogP contribution in [0.25, 0.3) is 16.7 Å². The fourth-order valence-corrected chi connectivity index (χ4v) is 3.44. The molecule has 0 saturated heterocycles. The molecule has 0 saturated carbocycles. The molecule has 5 heteroatoms. The number of imidazole rings is 1. The largest absolute Gasteiger partial charge is 0.544 e. The fraction of sp³-hybridized carbons (Fsp3) is 0.300. The van der Waals surface area contributed by atoms with Gasteiger partial charge in [0.25, 0.3) is 0 Å². The number of benzene rings is 2. The third-order valence-corrected chi connectivity index (χ3v) is 9.33. The van der Waals surface area contributed by atoms with Crippen molar-refractivity contribution in [3.8, 4) is 17.5 Å². The van der Waals surface area contributed by atoms with Crippen molar-refractivity contribution < 1.29 is 4.43 Å². The zero-order valence-electron chi connectivity index (χ0n) is 15.4. The highest BCUT2D eigenvalue weighted by Crippen LogP contribution is 2.37. The summed E-state index contributed by atoms with van der Waals surface area (Å²) >= 11 is 0. The Balaban J connectivity index is 1.92. The number of fused-ring (bicyclic) bond motifs is 1. The first-order valence-corrected chi connectivity index (χ1v) is 11.3. The monoisotopic (exact) mass is 349 g/mol. The average Bonchev–Trinajstić information content (AvgIpc) is 2.97. The molecule has 0 aliphatic heterocycles. The van der Waals surface area contributed by atoms with Gasteiger partial charge in [-0.05, 0) is 60.6 Å². The van der Waals surface area contributed by atoms with Crippen molar-refractivity contribution in [2.45, 2.75) is 38.9 Å². The highest BCUT2D eigenvalue weighted by molar-refractivity contribution is 6.74. The van der Waals surface area contributed by atoms with Crippen LogP contribution in [0.15, 0.2) is 48.8 Å². The van der Waals surface area contributed by atoms with Gasteiger partial charge in [-0.1, -0.05) is 20.8 Å². The van der Waals surface area contributed by atoms with Crippen LogP contribution in [0.5, 0.6) is 5.75 Å². The van der Waals surface area contributed by atoms with Gasteiger partial charge in [0.15, 0.2) is 0 Å². The second-order valence-electron chi connectivity index (χ2n) is 7.79. The molecule has 2 aromatic carbocycles. The minimum absolute atomic E-state index is 0.167. The summed E-state index contributed by atoms with van der Waals surface area (Å²) in [7, 11) is -1.84. The Morgan fingerprint density at radius 2 is 1.76 bits per heavy atom. The SMILES string of the molecule is CC(C)(C)[Si](C)(C)Oc1ccc(-n2cnc3ccc(C#N)cc32)cc1. The first kappa shape index (κ1) is 17.2. The Bertz CT molecular complexity index is 944. The van der Waals surface area contributed by atoms with Crippen LogP contribution in [-0.2, 0) is 0 Å². The van der Waals surface area contributed by atoms with E-state index in [1.165, 1.54) is 0 Å². The minimum Gasteiger partial charge on any atom is -0.544 e. The predicted molar refractivity (Wildman–Crippen MR) is 104 cm³/mol. The van der Waals surface area contributed by atoms with Gasteiger partial charge in [0, 0.05) is 5.69 Å². The van der Waals surface area contributed by atoms with Gasteiger partial charge in [0.05, 0.1) is 22.7 Å². The summed E-state index contributed by atoms with van der Waals surface area (Å²) in [6.45, 7) is 11.2. The molecule has 128 valence electrons. The summed E-state index contributed by atoms with van der Waals surface area (Å²) in [5.74, 6) is 0.900. The Kier molecular flexibility index (Phi) is 4.17. The highest BCUT2D eigenvalue weighted by atomic mass is 28.4. The van der Waals surface area contributed by atoms with Gasteiger partial charge in [0.1, 0.15) is 12.1 Å². The summed E-state index contributed by atoms with van der Waals surface area (Å²) in [5.41, 5.74) is 3.44. The van der Waals surface area contributed by atoms with Crippen molar-refractivity contribution in [3.05, 3.63) is 54.4 Å². The second-order valence-corrected chi connectivity index (χ2v) is 12.5. The molecule has 25 heavy (non-hydrogen) atoms. The third-order valence-electron chi connectivity index (χ3n) is 4.97. The van der Waals surface area contributed by atoms with E-state index in [-0.39, 0.29) is 5.04 Å². The molecule has 0 aliphatic carbocycles. The van der Waals surface area contributed by atoms with Gasteiger partial charge in [0.2, 0.25) is 8.32 Å². The quantitative estimate of drug-likeness (QED) is 0.604. The molecular formula is C20H23N3OSi. The van der Waals surface area contributed by atoms with E-state index in [0.717, 1.165) is 22.5 Å². The number of aromatic nitrogens is 2. The van der Waals surface area contributed by atoms with Crippen LogP contribution < -0.4 is 4.43 Å². The summed E-state index contributed by atoms with van der Waals surface area (Å²) in [6, 6.07) is 15.8. The van der Waals surface area contributed by atoms with Crippen molar-refractivity contribution in [1.82, 2.24) is 9.55 Å². The van der Waals surface area contributed by atoms with Gasteiger partial charge >= 0.3 is 0 Å². The molecule has 4 nitrogen and oxygen atoms in total. The number of rotatable bonds is 3. The predicted octanol–water partition coefficient (Wildman–Crippen LogP) is 5.28. The number of nitriles is 1. The molecule has 1 heterocycles. The fourth-order valence-electron chi connectivity index (χ4n) is 2.41. The third kappa shape index (κ3) is 3.31. The molecule has 0 amide bonds. The van der Waals surface area contributed by atoms with E-state index >= 15 is 0 Å². The van der Waals surface area contributed by atoms with Crippen molar-refractivity contribution >= 4 is 19.4 Å². The Morgan fingerprint density at radius 3 is 2.36 bits per heavy atom. The van der Waals surface area contributed by atoms with Gasteiger partial charge < -0.3 is 4.43 Å². The van der Waals surface area contributed by atoms with E-state index in [0.29, 0.717) is 5.56 Å². The lowest BCUT2D eigenvalue weighted by Crippen LogP contribution is -2.43. The van der Waals surface area contributed by atoms with E-state index in [4.69, 9.17) is 9.69 Å². The Hall–Kier alpha value is -2.58. The summed E-state index contributed by atoms with van der Waals surface area (Å²) in [5, 5.41) is 9.28. The molecule has 0 unspecified atom stereocenters. The smallest absolute Gasteiger partial charge is 0.250 e. The van der Waals surface area contributed by atoms with E-state index < -0.39 is 8.32 Å². The molecule has 0 bridgehead atoms. The van der Waals surface area contributed by atoms with Crippen LogP contribution in [-0.4, -0.2) is 17.9 Å². The van der Waals surface area contributed by atoms with E-state index in [1.54, 1.807) is 12.4 Å². The van der Waals surface area contributed by atoms with Crippen LogP contribution in [0.4, 0.5) is 0 Å². The number of hydrogen-bond acceptors (Lipinski definition) is 3. The molecule has 1 aromatic heterocycles. The molecular weight excluding hydrogens is 326 g/mol. The van der Waals surface area contributed by atoms with Crippen LogP contribution >= 0.6 is 0 Å². The summed E-state index contributed by atoms with van der Waals surface area (Å²) in [6.07, 6.45) is 1.79. The Morgan fingerprint density at radius 1 is 1.08 bits per heavy atom. The van der Waals surface area contributed by atoms with E-state index in [9.17, 15) is 0 Å². The molecule has 0 radical (unpaired) electrons. The normalized spacial score (nSPS) is 12.2. The molecule has 3 rings (SSSR count). The standard InChI is InChI=1S/C20H23N3OSi/c1-20(2,3)25(4,5)24-17-9-7-16(8-10-17)23-14-22-18-11-6-15(13-21)12-19(18)23/h6-12,14H,1-5H3. The van der Waals surface area contributed by atoms with Gasteiger partial charge in [-0.15, -0.1) is 0 Å². The minimum atomic E-state index is -1.84. The topological polar surface area (TPSA) is 50.8 Å². The molecule has 3 aromatic rings. The second kappa shape index (κ2) is 6.05. The highest BCUT2D eigenvalue weighted by Gasteiger charge is 2.38. The number of hydrogen-bond donors (Lipinski definition) is 0. The molecule has 0 atom stereocenters. The molecule has 0 aliphatic rings. The summed E-state index contributed by atoms with van der Waals surface area (Å²) in [4.78, 5) is 4.41.